The third-order valence-corrected chi connectivity index (χ3v) is 8.12. The van der Waals surface area contributed by atoms with Crippen LogP contribution in [0.3, 0.4) is 0 Å². The summed E-state index contributed by atoms with van der Waals surface area (Å²) in [5.74, 6) is 0.219. The molecular weight excluding hydrogens is 601 g/mol. The van der Waals surface area contributed by atoms with E-state index >= 15 is 0 Å². The first-order chi connectivity index (χ1) is 24.9. The van der Waals surface area contributed by atoms with Crippen LogP contribution in [-0.2, 0) is 0 Å². The second-order valence-corrected chi connectivity index (χ2v) is 10.4. The lowest BCUT2D eigenvalue weighted by molar-refractivity contribution is 0.985. The molecule has 0 heteroatoms. The number of hydrogen-bond acceptors (Lipinski definition) is 0. The van der Waals surface area contributed by atoms with Crippen molar-refractivity contribution in [3.05, 3.63) is 203 Å². The maximum absolute atomic E-state index is 2.33. The number of rotatable bonds is 6. The van der Waals surface area contributed by atoms with Crippen molar-refractivity contribution in [2.24, 2.45) is 0 Å². The van der Waals surface area contributed by atoms with Gasteiger partial charge in [0.05, 0.1) is 0 Å². The topological polar surface area (TPSA) is 0 Å². The van der Waals surface area contributed by atoms with Crippen LogP contribution >= 0.6 is 0 Å². The van der Waals surface area contributed by atoms with Crippen molar-refractivity contribution in [1.82, 2.24) is 0 Å². The summed E-state index contributed by atoms with van der Waals surface area (Å²) in [4.78, 5) is 0. The molecule has 0 saturated heterocycles. The van der Waals surface area contributed by atoms with Crippen molar-refractivity contribution in [2.45, 2.75) is 81.1 Å². The molecular formula is C50H60. The minimum atomic E-state index is 0.109. The van der Waals surface area contributed by atoms with Gasteiger partial charge in [-0.2, -0.15) is 0 Å². The molecule has 0 aliphatic heterocycles. The quantitative estimate of drug-likeness (QED) is 0.123. The highest BCUT2D eigenvalue weighted by Crippen LogP contribution is 2.47. The fourth-order valence-corrected chi connectivity index (χ4v) is 6.45. The van der Waals surface area contributed by atoms with E-state index in [2.05, 4.69) is 170 Å². The van der Waals surface area contributed by atoms with Crippen molar-refractivity contribution in [2.75, 3.05) is 0 Å². The zero-order valence-electron chi connectivity index (χ0n) is 32.3. The molecule has 0 radical (unpaired) electrons. The summed E-state index contributed by atoms with van der Waals surface area (Å²) < 4.78 is 0. The van der Waals surface area contributed by atoms with E-state index in [9.17, 15) is 0 Å². The van der Waals surface area contributed by atoms with Crippen molar-refractivity contribution < 1.29 is 0 Å². The van der Waals surface area contributed by atoms with Crippen LogP contribution < -0.4 is 0 Å². The molecule has 0 saturated carbocycles. The Hall–Kier alpha value is -4.94. The molecule has 0 aliphatic carbocycles. The van der Waals surface area contributed by atoms with Crippen LogP contribution in [-0.4, -0.2) is 0 Å². The Morgan fingerprint density at radius 2 is 0.380 bits per heavy atom. The van der Waals surface area contributed by atoms with E-state index < -0.39 is 0 Å². The van der Waals surface area contributed by atoms with Gasteiger partial charge in [0.25, 0.3) is 0 Å². The van der Waals surface area contributed by atoms with Crippen LogP contribution in [0.4, 0.5) is 0 Å². The number of hydrogen-bond donors (Lipinski definition) is 0. The summed E-state index contributed by atoms with van der Waals surface area (Å²) in [6, 6.07) is 61.9. The predicted molar refractivity (Wildman–Crippen MR) is 226 cm³/mol. The van der Waals surface area contributed by atoms with E-state index in [1.165, 1.54) is 54.9 Å². The van der Waals surface area contributed by atoms with Gasteiger partial charge in [-0.3, -0.25) is 0 Å². The van der Waals surface area contributed by atoms with Crippen LogP contribution in [0.1, 0.15) is 114 Å². The van der Waals surface area contributed by atoms with Crippen LogP contribution in [0, 0.1) is 0 Å². The summed E-state index contributed by atoms with van der Waals surface area (Å²) in [7, 11) is 0. The normalized spacial score (nSPS) is 9.76. The zero-order valence-corrected chi connectivity index (χ0v) is 32.3. The second kappa shape index (κ2) is 23.4. The van der Waals surface area contributed by atoms with Gasteiger partial charge >= 0.3 is 0 Å². The van der Waals surface area contributed by atoms with Crippen LogP contribution in [0.25, 0.3) is 21.5 Å². The van der Waals surface area contributed by atoms with Gasteiger partial charge < -0.3 is 0 Å². The van der Waals surface area contributed by atoms with Crippen molar-refractivity contribution in [3.63, 3.8) is 0 Å². The van der Waals surface area contributed by atoms with Crippen LogP contribution in [0.5, 0.6) is 0 Å². The molecule has 0 unspecified atom stereocenters. The first kappa shape index (κ1) is 41.2. The van der Waals surface area contributed by atoms with E-state index in [4.69, 9.17) is 0 Å². The average Bonchev–Trinajstić information content (AvgIpc) is 3.24. The highest BCUT2D eigenvalue weighted by molar-refractivity contribution is 6.08. The fourth-order valence-electron chi connectivity index (χ4n) is 6.45. The standard InChI is InChI=1S/C40H30.5C2H6/c1-5-17-29(18-6-1)37(30-19-7-2-8-20-30)39-33-25-13-15-27-35(33)40(36-28-16-14-26-34(36)39)38(31-21-9-3-10-22-31)32-23-11-4-12-24-32;5*1-2/h1-28,37-38H;5*1-2H3. The summed E-state index contributed by atoms with van der Waals surface area (Å²) in [5, 5.41) is 5.24. The number of fused-ring (bicyclic) bond motifs is 2. The van der Waals surface area contributed by atoms with E-state index in [1.54, 1.807) is 0 Å². The molecule has 0 nitrogen and oxygen atoms in total. The van der Waals surface area contributed by atoms with E-state index in [1.807, 2.05) is 69.2 Å². The van der Waals surface area contributed by atoms with Gasteiger partial charge in [-0.05, 0) is 54.9 Å². The van der Waals surface area contributed by atoms with Crippen LogP contribution in [0.2, 0.25) is 0 Å². The lowest BCUT2D eigenvalue weighted by Gasteiger charge is -2.28. The Balaban J connectivity index is 0.000000800. The highest BCUT2D eigenvalue weighted by atomic mass is 14.3. The molecule has 0 N–H and O–H groups in total. The predicted octanol–water partition coefficient (Wildman–Crippen LogP) is 15.5. The second-order valence-electron chi connectivity index (χ2n) is 10.4. The molecule has 0 aromatic heterocycles. The van der Waals surface area contributed by atoms with Gasteiger partial charge in [-0.25, -0.2) is 0 Å². The summed E-state index contributed by atoms with van der Waals surface area (Å²) in [5.41, 5.74) is 7.96. The molecule has 0 amide bonds. The van der Waals surface area contributed by atoms with Gasteiger partial charge in [0.1, 0.15) is 0 Å². The summed E-state index contributed by atoms with van der Waals surface area (Å²) in [6.45, 7) is 20.0. The zero-order chi connectivity index (χ0) is 36.7. The van der Waals surface area contributed by atoms with E-state index in [0.717, 1.165) is 0 Å². The third-order valence-electron chi connectivity index (χ3n) is 8.12. The van der Waals surface area contributed by atoms with Gasteiger partial charge in [-0.15, -0.1) is 0 Å². The van der Waals surface area contributed by atoms with Crippen LogP contribution in [0.15, 0.2) is 170 Å². The number of benzene rings is 7. The molecule has 0 fully saturated rings. The fraction of sp³-hybridized carbons (Fsp3) is 0.240. The SMILES string of the molecule is CC.CC.CC.CC.CC.c1ccc(C(c2ccccc2)c2c3ccccc3c(C(c3ccccc3)c3ccccc3)c3ccccc23)cc1. The van der Waals surface area contributed by atoms with Crippen molar-refractivity contribution in [3.8, 4) is 0 Å². The molecule has 0 bridgehead atoms. The minimum absolute atomic E-state index is 0.109. The maximum atomic E-state index is 2.33. The smallest absolute Gasteiger partial charge is 0.0352 e. The Labute approximate surface area is 304 Å². The molecule has 260 valence electrons. The van der Waals surface area contributed by atoms with E-state index in [0.29, 0.717) is 0 Å². The molecule has 0 heterocycles. The van der Waals surface area contributed by atoms with Gasteiger partial charge in [0, 0.05) is 11.8 Å². The van der Waals surface area contributed by atoms with Gasteiger partial charge in [0.2, 0.25) is 0 Å². The Bertz CT molecular complexity index is 1590. The van der Waals surface area contributed by atoms with E-state index in [-0.39, 0.29) is 11.8 Å². The third kappa shape index (κ3) is 9.60. The molecule has 7 aromatic rings. The summed E-state index contributed by atoms with van der Waals surface area (Å²) >= 11 is 0. The Morgan fingerprint density at radius 1 is 0.220 bits per heavy atom. The van der Waals surface area contributed by atoms with Crippen molar-refractivity contribution >= 4 is 21.5 Å². The Kier molecular flexibility index (Phi) is 19.3. The first-order valence-corrected chi connectivity index (χ1v) is 19.0. The lowest BCUT2D eigenvalue weighted by Crippen LogP contribution is -2.09. The van der Waals surface area contributed by atoms with Gasteiger partial charge in [0.15, 0.2) is 0 Å². The molecule has 0 aliphatic rings. The molecule has 0 spiro atoms. The minimum Gasteiger partial charge on any atom is -0.0683 e. The molecule has 7 aromatic carbocycles. The maximum Gasteiger partial charge on any atom is 0.0352 e. The average molecular weight is 661 g/mol. The Morgan fingerprint density at radius 3 is 0.560 bits per heavy atom. The van der Waals surface area contributed by atoms with Gasteiger partial charge in [-0.1, -0.05) is 239 Å². The largest absolute Gasteiger partial charge is 0.0683 e. The molecule has 50 heavy (non-hydrogen) atoms. The van der Waals surface area contributed by atoms with Crippen molar-refractivity contribution in [1.29, 1.82) is 0 Å². The summed E-state index contributed by atoms with van der Waals surface area (Å²) in [6.07, 6.45) is 0. The lowest BCUT2D eigenvalue weighted by atomic mass is 9.75. The highest BCUT2D eigenvalue weighted by Gasteiger charge is 2.27. The monoisotopic (exact) mass is 660 g/mol. The molecule has 7 rings (SSSR count). The molecule has 0 atom stereocenters. The first-order valence-electron chi connectivity index (χ1n) is 19.0.